The second-order valence-electron chi connectivity index (χ2n) is 5.51. The van der Waals surface area contributed by atoms with Crippen LogP contribution >= 0.6 is 0 Å². The zero-order valence-corrected chi connectivity index (χ0v) is 12.7. The second kappa shape index (κ2) is 7.58. The van der Waals surface area contributed by atoms with Gasteiger partial charge in [0.05, 0.1) is 0 Å². The Bertz CT molecular complexity index is 416. The van der Waals surface area contributed by atoms with Crippen molar-refractivity contribution in [2.75, 3.05) is 18.0 Å². The largest absolute Gasteiger partial charge is 0.351 e. The van der Waals surface area contributed by atoms with Crippen molar-refractivity contribution < 1.29 is 4.39 Å². The second-order valence-corrected chi connectivity index (χ2v) is 5.51. The van der Waals surface area contributed by atoms with Crippen molar-refractivity contribution in [3.63, 3.8) is 0 Å². The molecule has 1 aromatic heterocycles. The van der Waals surface area contributed by atoms with Crippen LogP contribution in [0.25, 0.3) is 0 Å². The molecule has 112 valence electrons. The molecular formula is C16H26FN3. The van der Waals surface area contributed by atoms with Crippen molar-refractivity contribution in [2.24, 2.45) is 0 Å². The van der Waals surface area contributed by atoms with Gasteiger partial charge in [0.2, 0.25) is 0 Å². The highest BCUT2D eigenvalue weighted by molar-refractivity contribution is 5.44. The van der Waals surface area contributed by atoms with Crippen LogP contribution in [0.3, 0.4) is 0 Å². The Morgan fingerprint density at radius 2 is 2.10 bits per heavy atom. The first-order valence-corrected chi connectivity index (χ1v) is 7.88. The van der Waals surface area contributed by atoms with Crippen molar-refractivity contribution in [3.05, 3.63) is 23.6 Å². The number of halogens is 1. The lowest BCUT2D eigenvalue weighted by Gasteiger charge is -2.29. The summed E-state index contributed by atoms with van der Waals surface area (Å²) in [5.74, 6) is 0.389. The van der Waals surface area contributed by atoms with Crippen LogP contribution in [-0.2, 0) is 6.54 Å². The quantitative estimate of drug-likeness (QED) is 0.774. The molecule has 4 heteroatoms. The smallest absolute Gasteiger partial charge is 0.170 e. The molecule has 1 saturated carbocycles. The van der Waals surface area contributed by atoms with Crippen LogP contribution in [0.5, 0.6) is 0 Å². The molecule has 0 saturated heterocycles. The van der Waals surface area contributed by atoms with Gasteiger partial charge in [0.1, 0.15) is 0 Å². The van der Waals surface area contributed by atoms with E-state index in [9.17, 15) is 4.39 Å². The van der Waals surface area contributed by atoms with Gasteiger partial charge in [-0.1, -0.05) is 19.8 Å². The van der Waals surface area contributed by atoms with E-state index >= 15 is 0 Å². The van der Waals surface area contributed by atoms with Crippen LogP contribution in [0.1, 0.15) is 51.5 Å². The van der Waals surface area contributed by atoms with Crippen LogP contribution in [-0.4, -0.2) is 24.1 Å². The van der Waals surface area contributed by atoms with Gasteiger partial charge in [-0.2, -0.15) is 0 Å². The summed E-state index contributed by atoms with van der Waals surface area (Å²) in [6.07, 6.45) is 7.61. The minimum atomic E-state index is -0.148. The number of pyridine rings is 1. The average Bonchev–Trinajstić information content (AvgIpc) is 2.97. The first-order chi connectivity index (χ1) is 9.77. The summed E-state index contributed by atoms with van der Waals surface area (Å²) >= 11 is 0. The third-order valence-electron chi connectivity index (χ3n) is 4.07. The predicted molar refractivity (Wildman–Crippen MR) is 81.5 cm³/mol. The molecule has 1 heterocycles. The summed E-state index contributed by atoms with van der Waals surface area (Å²) in [6, 6.07) is 2.24. The van der Waals surface area contributed by atoms with Crippen LogP contribution in [0.2, 0.25) is 0 Å². The number of nitrogens with zero attached hydrogens (tertiary/aromatic N) is 2. The van der Waals surface area contributed by atoms with Gasteiger partial charge >= 0.3 is 0 Å². The monoisotopic (exact) mass is 279 g/mol. The van der Waals surface area contributed by atoms with E-state index in [-0.39, 0.29) is 5.82 Å². The summed E-state index contributed by atoms with van der Waals surface area (Å²) in [5, 5.41) is 3.26. The molecule has 1 fully saturated rings. The molecule has 1 aliphatic rings. The van der Waals surface area contributed by atoms with E-state index in [1.807, 2.05) is 0 Å². The highest BCUT2D eigenvalue weighted by atomic mass is 19.1. The fraction of sp³-hybridized carbons (Fsp3) is 0.688. The Balaban J connectivity index is 2.15. The van der Waals surface area contributed by atoms with Crippen LogP contribution in [0.15, 0.2) is 12.3 Å². The van der Waals surface area contributed by atoms with E-state index in [4.69, 9.17) is 0 Å². The topological polar surface area (TPSA) is 28.2 Å². The van der Waals surface area contributed by atoms with Crippen molar-refractivity contribution in [2.45, 2.75) is 58.5 Å². The fourth-order valence-electron chi connectivity index (χ4n) is 3.00. The molecule has 0 aromatic carbocycles. The molecule has 0 bridgehead atoms. The maximum atomic E-state index is 14.6. The molecule has 0 amide bonds. The van der Waals surface area contributed by atoms with Gasteiger partial charge < -0.3 is 10.2 Å². The minimum Gasteiger partial charge on any atom is -0.351 e. The SMILES string of the molecule is CCCNCc1ccnc(N(CC)C2CCCC2)c1F. The fourth-order valence-corrected chi connectivity index (χ4v) is 3.00. The van der Waals surface area contributed by atoms with Gasteiger partial charge in [0, 0.05) is 30.9 Å². The van der Waals surface area contributed by atoms with Crippen LogP contribution < -0.4 is 10.2 Å². The molecule has 0 spiro atoms. The average molecular weight is 279 g/mol. The summed E-state index contributed by atoms with van der Waals surface area (Å²) in [4.78, 5) is 6.45. The maximum absolute atomic E-state index is 14.6. The number of anilines is 1. The number of aromatic nitrogens is 1. The van der Waals surface area contributed by atoms with Crippen LogP contribution in [0, 0.1) is 5.82 Å². The molecule has 0 radical (unpaired) electrons. The highest BCUT2D eigenvalue weighted by Crippen LogP contribution is 2.29. The van der Waals surface area contributed by atoms with E-state index in [0.717, 1.165) is 37.9 Å². The molecule has 0 aliphatic heterocycles. The molecule has 20 heavy (non-hydrogen) atoms. The van der Waals surface area contributed by atoms with E-state index in [2.05, 4.69) is 29.0 Å². The third kappa shape index (κ3) is 3.48. The van der Waals surface area contributed by atoms with Crippen molar-refractivity contribution in [1.82, 2.24) is 10.3 Å². The van der Waals surface area contributed by atoms with Crippen molar-refractivity contribution >= 4 is 5.82 Å². The molecule has 1 aliphatic carbocycles. The predicted octanol–water partition coefficient (Wildman–Crippen LogP) is 3.49. The Kier molecular flexibility index (Phi) is 5.77. The molecule has 1 N–H and O–H groups in total. The Labute approximate surface area is 121 Å². The lowest BCUT2D eigenvalue weighted by Crippen LogP contribution is -2.34. The first kappa shape index (κ1) is 15.2. The van der Waals surface area contributed by atoms with E-state index in [1.165, 1.54) is 12.8 Å². The van der Waals surface area contributed by atoms with Crippen molar-refractivity contribution in [1.29, 1.82) is 0 Å². The minimum absolute atomic E-state index is 0.148. The molecule has 0 atom stereocenters. The zero-order valence-electron chi connectivity index (χ0n) is 12.7. The van der Waals surface area contributed by atoms with Gasteiger partial charge in [-0.05, 0) is 38.8 Å². The van der Waals surface area contributed by atoms with E-state index in [0.29, 0.717) is 18.4 Å². The summed E-state index contributed by atoms with van der Waals surface area (Å²) < 4.78 is 14.6. The van der Waals surface area contributed by atoms with E-state index in [1.54, 1.807) is 12.3 Å². The van der Waals surface area contributed by atoms with Gasteiger partial charge in [-0.3, -0.25) is 0 Å². The van der Waals surface area contributed by atoms with Gasteiger partial charge in [-0.25, -0.2) is 9.37 Å². The molecule has 1 aromatic rings. The van der Waals surface area contributed by atoms with Gasteiger partial charge in [-0.15, -0.1) is 0 Å². The lowest BCUT2D eigenvalue weighted by molar-refractivity contribution is 0.550. The van der Waals surface area contributed by atoms with Gasteiger partial charge in [0.25, 0.3) is 0 Å². The van der Waals surface area contributed by atoms with E-state index < -0.39 is 0 Å². The number of hydrogen-bond acceptors (Lipinski definition) is 3. The Morgan fingerprint density at radius 1 is 1.35 bits per heavy atom. The van der Waals surface area contributed by atoms with Gasteiger partial charge in [0.15, 0.2) is 11.6 Å². The Hall–Kier alpha value is -1.16. The standard InChI is InChI=1S/C16H26FN3/c1-3-10-18-12-13-9-11-19-16(15(13)17)20(4-2)14-7-5-6-8-14/h9,11,14,18H,3-8,10,12H2,1-2H3. The van der Waals surface area contributed by atoms with Crippen molar-refractivity contribution in [3.8, 4) is 0 Å². The third-order valence-corrected chi connectivity index (χ3v) is 4.07. The molecule has 2 rings (SSSR count). The number of nitrogens with one attached hydrogen (secondary N) is 1. The summed E-state index contributed by atoms with van der Waals surface area (Å²) in [6.45, 7) is 6.51. The Morgan fingerprint density at radius 3 is 2.75 bits per heavy atom. The maximum Gasteiger partial charge on any atom is 0.170 e. The normalized spacial score (nSPS) is 15.8. The zero-order chi connectivity index (χ0) is 14.4. The summed E-state index contributed by atoms with van der Waals surface area (Å²) in [7, 11) is 0. The highest BCUT2D eigenvalue weighted by Gasteiger charge is 2.25. The lowest BCUT2D eigenvalue weighted by atomic mass is 10.1. The molecular weight excluding hydrogens is 253 g/mol. The molecule has 3 nitrogen and oxygen atoms in total. The summed E-state index contributed by atoms with van der Waals surface area (Å²) in [5.41, 5.74) is 0.722. The first-order valence-electron chi connectivity index (χ1n) is 7.88. The van der Waals surface area contributed by atoms with Crippen LogP contribution in [0.4, 0.5) is 10.2 Å². The number of rotatable bonds is 7. The number of hydrogen-bond donors (Lipinski definition) is 1. The molecule has 0 unspecified atom stereocenters.